The first-order valence-corrected chi connectivity index (χ1v) is 6.05. The van der Waals surface area contributed by atoms with E-state index in [1.54, 1.807) is 32.9 Å². The highest BCUT2D eigenvalue weighted by atomic mass is 79.9. The van der Waals surface area contributed by atoms with Crippen LogP contribution in [0.25, 0.3) is 0 Å². The number of benzene rings is 1. The highest BCUT2D eigenvalue weighted by molar-refractivity contribution is 9.10. The van der Waals surface area contributed by atoms with Crippen molar-refractivity contribution in [3.05, 3.63) is 27.7 Å². The fraction of sp³-hybridized carbons (Fsp3) is 0.417. The molecule has 0 bridgehead atoms. The maximum Gasteiger partial charge on any atom is 0.252 e. The second-order valence-electron chi connectivity index (χ2n) is 4.66. The van der Waals surface area contributed by atoms with Crippen LogP contribution in [-0.4, -0.2) is 23.2 Å². The van der Waals surface area contributed by atoms with Crippen LogP contribution in [0.3, 0.4) is 0 Å². The Morgan fingerprint density at radius 2 is 2.12 bits per heavy atom. The molecule has 0 fully saturated rings. The van der Waals surface area contributed by atoms with Crippen molar-refractivity contribution in [2.45, 2.75) is 26.3 Å². The van der Waals surface area contributed by atoms with E-state index in [0.717, 1.165) is 10.0 Å². The van der Waals surface area contributed by atoms with Crippen LogP contribution in [0.15, 0.2) is 16.6 Å². The van der Waals surface area contributed by atoms with Crippen molar-refractivity contribution in [2.24, 2.45) is 0 Å². The van der Waals surface area contributed by atoms with Gasteiger partial charge >= 0.3 is 0 Å². The van der Waals surface area contributed by atoms with E-state index in [-0.39, 0.29) is 12.5 Å². The van der Waals surface area contributed by atoms with E-state index in [1.807, 2.05) is 0 Å². The summed E-state index contributed by atoms with van der Waals surface area (Å²) in [5, 5.41) is 11.9. The standard InChI is InChI=1S/C12H17BrN2O2/c1-7-9(4-8(13)5-10(7)14)11(17)15-12(2,3)6-16/h4-5,16H,6,14H2,1-3H3,(H,15,17). The number of anilines is 1. The van der Waals surface area contributed by atoms with Gasteiger partial charge in [-0.1, -0.05) is 15.9 Å². The monoisotopic (exact) mass is 300 g/mol. The highest BCUT2D eigenvalue weighted by Crippen LogP contribution is 2.23. The number of hydrogen-bond donors (Lipinski definition) is 3. The van der Waals surface area contributed by atoms with Gasteiger partial charge in [-0.05, 0) is 38.5 Å². The third-order valence-corrected chi connectivity index (χ3v) is 2.96. The molecule has 0 unspecified atom stereocenters. The molecule has 0 aliphatic carbocycles. The second kappa shape index (κ2) is 5.06. The van der Waals surface area contributed by atoms with Crippen LogP contribution in [0.2, 0.25) is 0 Å². The normalized spacial score (nSPS) is 11.4. The van der Waals surface area contributed by atoms with Gasteiger partial charge < -0.3 is 16.2 Å². The number of halogens is 1. The molecule has 0 saturated heterocycles. The third-order valence-electron chi connectivity index (χ3n) is 2.50. The Morgan fingerprint density at radius 3 is 2.65 bits per heavy atom. The summed E-state index contributed by atoms with van der Waals surface area (Å²) in [6.45, 7) is 5.17. The van der Waals surface area contributed by atoms with Crippen molar-refractivity contribution in [3.8, 4) is 0 Å². The largest absolute Gasteiger partial charge is 0.398 e. The Labute approximate surface area is 109 Å². The zero-order valence-corrected chi connectivity index (χ0v) is 11.8. The number of rotatable bonds is 3. The predicted octanol–water partition coefficient (Wildman–Crippen LogP) is 1.84. The molecular weight excluding hydrogens is 284 g/mol. The number of aliphatic hydroxyl groups excluding tert-OH is 1. The molecule has 0 aromatic heterocycles. The van der Waals surface area contributed by atoms with Crippen LogP contribution in [0, 0.1) is 6.92 Å². The summed E-state index contributed by atoms with van der Waals surface area (Å²) in [7, 11) is 0. The molecule has 4 nitrogen and oxygen atoms in total. The minimum absolute atomic E-state index is 0.124. The molecule has 1 aromatic rings. The van der Waals surface area contributed by atoms with Crippen LogP contribution >= 0.6 is 15.9 Å². The molecule has 0 aliphatic rings. The van der Waals surface area contributed by atoms with Crippen molar-refractivity contribution in [1.82, 2.24) is 5.32 Å². The van der Waals surface area contributed by atoms with Gasteiger partial charge in [-0.25, -0.2) is 0 Å². The molecule has 1 rings (SSSR count). The maximum absolute atomic E-state index is 12.0. The van der Waals surface area contributed by atoms with Gasteiger partial charge in [0.05, 0.1) is 12.1 Å². The molecule has 0 spiro atoms. The zero-order chi connectivity index (χ0) is 13.2. The van der Waals surface area contributed by atoms with Crippen LogP contribution in [0.4, 0.5) is 5.69 Å². The average molecular weight is 301 g/mol. The topological polar surface area (TPSA) is 75.4 Å². The smallest absolute Gasteiger partial charge is 0.252 e. The molecule has 17 heavy (non-hydrogen) atoms. The first kappa shape index (κ1) is 14.0. The van der Waals surface area contributed by atoms with E-state index in [0.29, 0.717) is 11.3 Å². The molecule has 0 atom stereocenters. The molecule has 0 saturated carbocycles. The Hall–Kier alpha value is -1.07. The van der Waals surface area contributed by atoms with Crippen molar-refractivity contribution in [1.29, 1.82) is 0 Å². The first-order valence-electron chi connectivity index (χ1n) is 5.26. The summed E-state index contributed by atoms with van der Waals surface area (Å²) in [6.07, 6.45) is 0. The molecule has 0 radical (unpaired) electrons. The van der Waals surface area contributed by atoms with Crippen LogP contribution in [-0.2, 0) is 0 Å². The van der Waals surface area contributed by atoms with Crippen LogP contribution in [0.1, 0.15) is 29.8 Å². The summed E-state index contributed by atoms with van der Waals surface area (Å²) in [5.41, 5.74) is 6.95. The molecule has 1 aromatic carbocycles. The summed E-state index contributed by atoms with van der Waals surface area (Å²) < 4.78 is 0.757. The lowest BCUT2D eigenvalue weighted by atomic mass is 10.0. The SMILES string of the molecule is Cc1c(N)cc(Br)cc1C(=O)NC(C)(C)CO. The summed E-state index contributed by atoms with van der Waals surface area (Å²) in [5.74, 6) is -0.241. The summed E-state index contributed by atoms with van der Waals surface area (Å²) in [4.78, 5) is 12.0. The lowest BCUT2D eigenvalue weighted by Crippen LogP contribution is -2.46. The Kier molecular flexibility index (Phi) is 4.16. The van der Waals surface area contributed by atoms with Crippen LogP contribution in [0.5, 0.6) is 0 Å². The Balaban J connectivity index is 3.05. The van der Waals surface area contributed by atoms with Gasteiger partial charge in [0, 0.05) is 15.7 Å². The van der Waals surface area contributed by atoms with E-state index < -0.39 is 5.54 Å². The maximum atomic E-state index is 12.0. The molecule has 1 amide bonds. The van der Waals surface area contributed by atoms with E-state index >= 15 is 0 Å². The molecule has 5 heteroatoms. The van der Waals surface area contributed by atoms with Gasteiger partial charge in [-0.3, -0.25) is 4.79 Å². The predicted molar refractivity (Wildman–Crippen MR) is 71.9 cm³/mol. The molecule has 0 heterocycles. The molecular formula is C12H17BrN2O2. The minimum Gasteiger partial charge on any atom is -0.398 e. The first-order chi connectivity index (χ1) is 7.76. The van der Waals surface area contributed by atoms with Crippen molar-refractivity contribution < 1.29 is 9.90 Å². The summed E-state index contributed by atoms with van der Waals surface area (Å²) >= 11 is 3.30. The van der Waals surface area contributed by atoms with Crippen LogP contribution < -0.4 is 11.1 Å². The molecule has 0 aliphatic heterocycles. The fourth-order valence-electron chi connectivity index (χ4n) is 1.35. The lowest BCUT2D eigenvalue weighted by molar-refractivity contribution is 0.0868. The van der Waals surface area contributed by atoms with E-state index in [1.165, 1.54) is 0 Å². The number of amides is 1. The number of hydrogen-bond acceptors (Lipinski definition) is 3. The Bertz CT molecular complexity index is 444. The lowest BCUT2D eigenvalue weighted by Gasteiger charge is -2.24. The fourth-order valence-corrected chi connectivity index (χ4v) is 1.83. The molecule has 4 N–H and O–H groups in total. The van der Waals surface area contributed by atoms with Gasteiger partial charge in [0.25, 0.3) is 5.91 Å². The minimum atomic E-state index is -0.652. The van der Waals surface area contributed by atoms with E-state index in [4.69, 9.17) is 10.8 Å². The number of nitrogens with two attached hydrogens (primary N) is 1. The van der Waals surface area contributed by atoms with E-state index in [2.05, 4.69) is 21.2 Å². The number of carbonyl (C=O) groups excluding carboxylic acids is 1. The van der Waals surface area contributed by atoms with Gasteiger partial charge in [0.2, 0.25) is 0 Å². The number of nitrogens with one attached hydrogen (secondary N) is 1. The average Bonchev–Trinajstić information content (AvgIpc) is 2.22. The summed E-state index contributed by atoms with van der Waals surface area (Å²) in [6, 6.07) is 3.47. The van der Waals surface area contributed by atoms with Crippen molar-refractivity contribution in [3.63, 3.8) is 0 Å². The Morgan fingerprint density at radius 1 is 1.53 bits per heavy atom. The zero-order valence-electron chi connectivity index (χ0n) is 10.2. The highest BCUT2D eigenvalue weighted by Gasteiger charge is 2.21. The van der Waals surface area contributed by atoms with Gasteiger partial charge in [-0.15, -0.1) is 0 Å². The van der Waals surface area contributed by atoms with Crippen molar-refractivity contribution >= 4 is 27.5 Å². The molecule has 94 valence electrons. The quantitative estimate of drug-likeness (QED) is 0.746. The number of carbonyl (C=O) groups is 1. The van der Waals surface area contributed by atoms with E-state index in [9.17, 15) is 4.79 Å². The number of aliphatic hydroxyl groups is 1. The van der Waals surface area contributed by atoms with Gasteiger partial charge in [0.15, 0.2) is 0 Å². The second-order valence-corrected chi connectivity index (χ2v) is 5.58. The third kappa shape index (κ3) is 3.44. The van der Waals surface area contributed by atoms with Gasteiger partial charge in [0.1, 0.15) is 0 Å². The van der Waals surface area contributed by atoms with Crippen molar-refractivity contribution in [2.75, 3.05) is 12.3 Å². The van der Waals surface area contributed by atoms with Gasteiger partial charge in [-0.2, -0.15) is 0 Å². The number of nitrogen functional groups attached to an aromatic ring is 1.